The minimum absolute atomic E-state index is 0.377. The van der Waals surface area contributed by atoms with E-state index in [1.807, 2.05) is 36.6 Å². The van der Waals surface area contributed by atoms with Gasteiger partial charge in [-0.25, -0.2) is 9.59 Å². The number of hydrogen-bond donors (Lipinski definition) is 3. The van der Waals surface area contributed by atoms with Crippen molar-refractivity contribution in [3.05, 3.63) is 35.9 Å². The smallest absolute Gasteiger partial charge is 0.326 e. The van der Waals surface area contributed by atoms with Crippen LogP contribution >= 0.6 is 11.8 Å². The SMILES string of the molecule is CSCCC(NC(=O)NCc1ccccc1)C(=O)O. The third-order valence-electron chi connectivity index (χ3n) is 2.51. The number of amides is 2. The van der Waals surface area contributed by atoms with Crippen LogP contribution in [0.5, 0.6) is 0 Å². The topological polar surface area (TPSA) is 78.4 Å². The second-order valence-electron chi connectivity index (χ2n) is 3.98. The predicted octanol–water partition coefficient (Wildman–Crippen LogP) is 1.69. The molecule has 0 heterocycles. The Labute approximate surface area is 116 Å². The largest absolute Gasteiger partial charge is 0.480 e. The quantitative estimate of drug-likeness (QED) is 0.711. The number of rotatable bonds is 7. The van der Waals surface area contributed by atoms with Crippen molar-refractivity contribution < 1.29 is 14.7 Å². The molecule has 0 spiro atoms. The Morgan fingerprint density at radius 1 is 1.32 bits per heavy atom. The molecule has 0 fully saturated rings. The van der Waals surface area contributed by atoms with Gasteiger partial charge in [0.1, 0.15) is 6.04 Å². The summed E-state index contributed by atoms with van der Waals surface area (Å²) in [6.45, 7) is 0.377. The van der Waals surface area contributed by atoms with Crippen LogP contribution in [-0.2, 0) is 11.3 Å². The Hall–Kier alpha value is -1.69. The second-order valence-corrected chi connectivity index (χ2v) is 4.97. The Morgan fingerprint density at radius 2 is 2.00 bits per heavy atom. The molecule has 0 saturated carbocycles. The normalized spacial score (nSPS) is 11.6. The molecule has 0 aliphatic carbocycles. The van der Waals surface area contributed by atoms with Crippen LogP contribution in [0.4, 0.5) is 4.79 Å². The van der Waals surface area contributed by atoms with Crippen molar-refractivity contribution in [2.45, 2.75) is 19.0 Å². The van der Waals surface area contributed by atoms with Crippen LogP contribution in [0.15, 0.2) is 30.3 Å². The van der Waals surface area contributed by atoms with Crippen molar-refractivity contribution in [1.29, 1.82) is 0 Å². The second kappa shape index (κ2) is 8.42. The number of thioether (sulfide) groups is 1. The number of urea groups is 1. The van der Waals surface area contributed by atoms with Gasteiger partial charge in [-0.1, -0.05) is 30.3 Å². The van der Waals surface area contributed by atoms with Crippen molar-refractivity contribution in [3.8, 4) is 0 Å². The predicted molar refractivity (Wildman–Crippen MR) is 76.2 cm³/mol. The van der Waals surface area contributed by atoms with Gasteiger partial charge in [-0.05, 0) is 24.0 Å². The Bertz CT molecular complexity index is 412. The van der Waals surface area contributed by atoms with E-state index in [0.29, 0.717) is 18.7 Å². The summed E-state index contributed by atoms with van der Waals surface area (Å²) >= 11 is 1.55. The fraction of sp³-hybridized carbons (Fsp3) is 0.385. The van der Waals surface area contributed by atoms with Crippen molar-refractivity contribution >= 4 is 23.8 Å². The van der Waals surface area contributed by atoms with Gasteiger partial charge >= 0.3 is 12.0 Å². The molecular formula is C13H18N2O3S. The van der Waals surface area contributed by atoms with Gasteiger partial charge in [0.2, 0.25) is 0 Å². The number of benzene rings is 1. The van der Waals surface area contributed by atoms with E-state index in [2.05, 4.69) is 10.6 Å². The molecule has 19 heavy (non-hydrogen) atoms. The number of carboxylic acids is 1. The number of carbonyl (C=O) groups is 2. The zero-order valence-corrected chi connectivity index (χ0v) is 11.6. The van der Waals surface area contributed by atoms with Gasteiger partial charge in [0, 0.05) is 6.54 Å². The molecule has 1 aromatic rings. The van der Waals surface area contributed by atoms with E-state index in [-0.39, 0.29) is 0 Å². The zero-order chi connectivity index (χ0) is 14.1. The van der Waals surface area contributed by atoms with E-state index in [4.69, 9.17) is 5.11 Å². The first-order chi connectivity index (χ1) is 9.13. The van der Waals surface area contributed by atoms with E-state index in [9.17, 15) is 9.59 Å². The molecule has 2 amide bonds. The standard InChI is InChI=1S/C13H18N2O3S/c1-19-8-7-11(12(16)17)15-13(18)14-9-10-5-3-2-4-6-10/h2-6,11H,7-9H2,1H3,(H,16,17)(H2,14,15,18). The number of nitrogens with one attached hydrogen (secondary N) is 2. The van der Waals surface area contributed by atoms with Crippen molar-refractivity contribution in [2.75, 3.05) is 12.0 Å². The van der Waals surface area contributed by atoms with Crippen molar-refractivity contribution in [3.63, 3.8) is 0 Å². The lowest BCUT2D eigenvalue weighted by molar-refractivity contribution is -0.139. The molecular weight excluding hydrogens is 264 g/mol. The molecule has 5 nitrogen and oxygen atoms in total. The highest BCUT2D eigenvalue weighted by atomic mass is 32.2. The summed E-state index contributed by atoms with van der Waals surface area (Å²) in [5, 5.41) is 14.1. The fourth-order valence-electron chi connectivity index (χ4n) is 1.48. The molecule has 0 saturated heterocycles. The van der Waals surface area contributed by atoms with Gasteiger partial charge in [0.05, 0.1) is 0 Å². The van der Waals surface area contributed by atoms with Crippen LogP contribution in [0.3, 0.4) is 0 Å². The average Bonchev–Trinajstić information content (AvgIpc) is 2.42. The molecule has 1 aromatic carbocycles. The summed E-state index contributed by atoms with van der Waals surface area (Å²) in [6.07, 6.45) is 2.31. The summed E-state index contributed by atoms with van der Waals surface area (Å²) in [7, 11) is 0. The maximum Gasteiger partial charge on any atom is 0.326 e. The van der Waals surface area contributed by atoms with E-state index in [1.165, 1.54) is 0 Å². The summed E-state index contributed by atoms with van der Waals surface area (Å²) < 4.78 is 0. The van der Waals surface area contributed by atoms with Gasteiger partial charge < -0.3 is 15.7 Å². The van der Waals surface area contributed by atoms with Crippen molar-refractivity contribution in [1.82, 2.24) is 10.6 Å². The van der Waals surface area contributed by atoms with E-state index in [0.717, 1.165) is 5.56 Å². The first kappa shape index (κ1) is 15.4. The Balaban J connectivity index is 2.38. The number of carbonyl (C=O) groups excluding carboxylic acids is 1. The Kier molecular flexibility index (Phi) is 6.81. The summed E-state index contributed by atoms with van der Waals surface area (Å²) in [5.41, 5.74) is 0.966. The van der Waals surface area contributed by atoms with Crippen LogP contribution < -0.4 is 10.6 Å². The van der Waals surface area contributed by atoms with Crippen LogP contribution in [0.1, 0.15) is 12.0 Å². The van der Waals surface area contributed by atoms with Crippen LogP contribution in [0, 0.1) is 0 Å². The molecule has 104 valence electrons. The summed E-state index contributed by atoms with van der Waals surface area (Å²) in [6, 6.07) is 8.14. The summed E-state index contributed by atoms with van der Waals surface area (Å²) in [4.78, 5) is 22.6. The third kappa shape index (κ3) is 6.15. The molecule has 0 aliphatic rings. The lowest BCUT2D eigenvalue weighted by Gasteiger charge is -2.14. The first-order valence-corrected chi connectivity index (χ1v) is 7.33. The van der Waals surface area contributed by atoms with Crippen LogP contribution in [0.25, 0.3) is 0 Å². The highest BCUT2D eigenvalue weighted by molar-refractivity contribution is 7.98. The molecule has 0 aromatic heterocycles. The molecule has 1 atom stereocenters. The number of carboxylic acid groups (broad SMARTS) is 1. The van der Waals surface area contributed by atoms with Crippen LogP contribution in [-0.4, -0.2) is 35.2 Å². The van der Waals surface area contributed by atoms with Crippen LogP contribution in [0.2, 0.25) is 0 Å². The van der Waals surface area contributed by atoms with E-state index in [1.54, 1.807) is 11.8 Å². The molecule has 3 N–H and O–H groups in total. The van der Waals surface area contributed by atoms with Gasteiger partial charge in [0.15, 0.2) is 0 Å². The minimum Gasteiger partial charge on any atom is -0.480 e. The highest BCUT2D eigenvalue weighted by Crippen LogP contribution is 2.01. The van der Waals surface area contributed by atoms with Crippen molar-refractivity contribution in [2.24, 2.45) is 0 Å². The van der Waals surface area contributed by atoms with Gasteiger partial charge in [0.25, 0.3) is 0 Å². The monoisotopic (exact) mass is 282 g/mol. The minimum atomic E-state index is -1.01. The third-order valence-corrected chi connectivity index (χ3v) is 3.15. The van der Waals surface area contributed by atoms with E-state index < -0.39 is 18.0 Å². The zero-order valence-electron chi connectivity index (χ0n) is 10.8. The molecule has 0 bridgehead atoms. The maximum absolute atomic E-state index is 11.6. The maximum atomic E-state index is 11.6. The number of hydrogen-bond acceptors (Lipinski definition) is 3. The fourth-order valence-corrected chi connectivity index (χ4v) is 1.95. The average molecular weight is 282 g/mol. The molecule has 0 aliphatic heterocycles. The lowest BCUT2D eigenvalue weighted by Crippen LogP contribution is -2.46. The summed E-state index contributed by atoms with van der Waals surface area (Å²) in [5.74, 6) is -0.320. The van der Waals surface area contributed by atoms with E-state index >= 15 is 0 Å². The number of aliphatic carboxylic acids is 1. The Morgan fingerprint density at radius 3 is 2.58 bits per heavy atom. The van der Waals surface area contributed by atoms with Gasteiger partial charge in [-0.2, -0.15) is 11.8 Å². The molecule has 6 heteroatoms. The van der Waals surface area contributed by atoms with Gasteiger partial charge in [-0.3, -0.25) is 0 Å². The lowest BCUT2D eigenvalue weighted by atomic mass is 10.2. The first-order valence-electron chi connectivity index (χ1n) is 5.93. The highest BCUT2D eigenvalue weighted by Gasteiger charge is 2.18. The van der Waals surface area contributed by atoms with Gasteiger partial charge in [-0.15, -0.1) is 0 Å². The molecule has 1 rings (SSSR count). The molecule has 0 radical (unpaired) electrons. The molecule has 1 unspecified atom stereocenters.